The highest BCUT2D eigenvalue weighted by atomic mass is 16.6. The van der Waals surface area contributed by atoms with Gasteiger partial charge in [0.15, 0.2) is 5.76 Å². The molecule has 0 radical (unpaired) electrons. The number of carbonyl (C=O) groups is 2. The van der Waals surface area contributed by atoms with Gasteiger partial charge in [0, 0.05) is 26.7 Å². The lowest BCUT2D eigenvalue weighted by Crippen LogP contribution is -2.38. The Morgan fingerprint density at radius 3 is 2.85 bits per heavy atom. The van der Waals surface area contributed by atoms with Crippen LogP contribution < -0.4 is 4.74 Å². The van der Waals surface area contributed by atoms with E-state index in [0.29, 0.717) is 37.9 Å². The van der Waals surface area contributed by atoms with E-state index in [1.807, 2.05) is 6.92 Å². The molecule has 0 spiro atoms. The molecule has 2 amide bonds. The van der Waals surface area contributed by atoms with Crippen molar-refractivity contribution in [2.24, 2.45) is 0 Å². The first-order valence-corrected chi connectivity index (χ1v) is 8.85. The number of furan rings is 1. The number of fused-ring (bicyclic) bond motifs is 1. The van der Waals surface area contributed by atoms with E-state index in [1.165, 1.54) is 4.90 Å². The predicted molar refractivity (Wildman–Crippen MR) is 95.1 cm³/mol. The van der Waals surface area contributed by atoms with Gasteiger partial charge in [-0.25, -0.2) is 0 Å². The molecule has 0 saturated carbocycles. The minimum absolute atomic E-state index is 0.0291. The first-order valence-electron chi connectivity index (χ1n) is 8.85. The first kappa shape index (κ1) is 19.0. The molecular formula is C18H24N4O5. The molecule has 1 atom stereocenters. The van der Waals surface area contributed by atoms with Crippen LogP contribution in [0.2, 0.25) is 0 Å². The molecule has 0 aliphatic carbocycles. The van der Waals surface area contributed by atoms with Gasteiger partial charge >= 0.3 is 0 Å². The van der Waals surface area contributed by atoms with E-state index in [9.17, 15) is 14.7 Å². The highest BCUT2D eigenvalue weighted by Gasteiger charge is 2.27. The van der Waals surface area contributed by atoms with Crippen LogP contribution in [0.15, 0.2) is 22.6 Å². The van der Waals surface area contributed by atoms with Crippen LogP contribution in [0.25, 0.3) is 0 Å². The lowest BCUT2D eigenvalue weighted by atomic mass is 10.1. The lowest BCUT2D eigenvalue weighted by Gasteiger charge is -2.26. The number of carbonyl (C=O) groups excluding carboxylic acids is 2. The minimum atomic E-state index is -0.971. The van der Waals surface area contributed by atoms with Crippen molar-refractivity contribution >= 4 is 11.8 Å². The van der Waals surface area contributed by atoms with Gasteiger partial charge in [0.05, 0.1) is 37.5 Å². The Morgan fingerprint density at radius 2 is 2.15 bits per heavy atom. The maximum atomic E-state index is 12.6. The van der Waals surface area contributed by atoms with Crippen LogP contribution in [0.4, 0.5) is 0 Å². The average molecular weight is 376 g/mol. The third-order valence-corrected chi connectivity index (χ3v) is 4.39. The Hall–Kier alpha value is -2.81. The Bertz CT molecular complexity index is 826. The van der Waals surface area contributed by atoms with Crippen LogP contribution in [0.3, 0.4) is 0 Å². The van der Waals surface area contributed by atoms with Crippen molar-refractivity contribution in [1.82, 2.24) is 19.6 Å². The summed E-state index contributed by atoms with van der Waals surface area (Å²) >= 11 is 0. The second-order valence-corrected chi connectivity index (χ2v) is 6.57. The maximum absolute atomic E-state index is 12.6. The van der Waals surface area contributed by atoms with Crippen molar-refractivity contribution in [3.63, 3.8) is 0 Å². The second-order valence-electron chi connectivity index (χ2n) is 6.57. The summed E-state index contributed by atoms with van der Waals surface area (Å²) in [5.74, 6) is 0.147. The zero-order chi connectivity index (χ0) is 19.6. The fourth-order valence-electron chi connectivity index (χ4n) is 2.89. The Labute approximate surface area is 157 Å². The SMILES string of the molecule is CCOc1ccc(C(=O)N2CCn3nc([C@@H](O)CC(=O)N(C)C)cc3C2)o1. The van der Waals surface area contributed by atoms with Crippen molar-refractivity contribution in [3.05, 3.63) is 35.3 Å². The van der Waals surface area contributed by atoms with E-state index in [1.54, 1.807) is 41.9 Å². The molecule has 3 rings (SSSR count). The molecule has 1 aliphatic heterocycles. The van der Waals surface area contributed by atoms with Gasteiger partial charge in [-0.15, -0.1) is 0 Å². The van der Waals surface area contributed by atoms with Crippen LogP contribution in [0.1, 0.15) is 41.4 Å². The predicted octanol–water partition coefficient (Wildman–Crippen LogP) is 1.04. The molecule has 0 aromatic carbocycles. The Morgan fingerprint density at radius 1 is 1.37 bits per heavy atom. The van der Waals surface area contributed by atoms with Crippen molar-refractivity contribution in [2.45, 2.75) is 32.5 Å². The van der Waals surface area contributed by atoms with Crippen LogP contribution in [0.5, 0.6) is 5.95 Å². The molecule has 9 heteroatoms. The summed E-state index contributed by atoms with van der Waals surface area (Å²) < 4.78 is 12.4. The maximum Gasteiger partial charge on any atom is 0.290 e. The molecule has 146 valence electrons. The number of nitrogens with zero attached hydrogens (tertiary/aromatic N) is 4. The number of rotatable bonds is 6. The van der Waals surface area contributed by atoms with Crippen molar-refractivity contribution < 1.29 is 23.8 Å². The average Bonchev–Trinajstić information content (AvgIpc) is 3.27. The van der Waals surface area contributed by atoms with Crippen LogP contribution in [-0.2, 0) is 17.9 Å². The largest absolute Gasteiger partial charge is 0.465 e. The van der Waals surface area contributed by atoms with Gasteiger partial charge in [-0.1, -0.05) is 0 Å². The molecule has 0 fully saturated rings. The third-order valence-electron chi connectivity index (χ3n) is 4.39. The quantitative estimate of drug-likeness (QED) is 0.808. The van der Waals surface area contributed by atoms with E-state index < -0.39 is 6.10 Å². The summed E-state index contributed by atoms with van der Waals surface area (Å²) in [6, 6.07) is 4.96. The number of aliphatic hydroxyl groups excluding tert-OH is 1. The first-order chi connectivity index (χ1) is 12.9. The zero-order valence-electron chi connectivity index (χ0n) is 15.7. The summed E-state index contributed by atoms with van der Waals surface area (Å²) in [6.07, 6.45) is -1.00. The smallest absolute Gasteiger partial charge is 0.290 e. The molecular weight excluding hydrogens is 352 g/mol. The fraction of sp³-hybridized carbons (Fsp3) is 0.500. The molecule has 0 unspecified atom stereocenters. The van der Waals surface area contributed by atoms with Gasteiger partial charge in [0.25, 0.3) is 11.9 Å². The number of aliphatic hydroxyl groups is 1. The summed E-state index contributed by atoms with van der Waals surface area (Å²) in [5, 5.41) is 14.6. The Kier molecular flexibility index (Phi) is 5.50. The molecule has 1 N–H and O–H groups in total. The van der Waals surface area contributed by atoms with Crippen LogP contribution >= 0.6 is 0 Å². The summed E-state index contributed by atoms with van der Waals surface area (Å²) in [5.41, 5.74) is 1.24. The molecule has 0 bridgehead atoms. The summed E-state index contributed by atoms with van der Waals surface area (Å²) in [4.78, 5) is 27.5. The van der Waals surface area contributed by atoms with Crippen LogP contribution in [0, 0.1) is 0 Å². The number of hydrogen-bond donors (Lipinski definition) is 1. The monoisotopic (exact) mass is 376 g/mol. The molecule has 2 aromatic heterocycles. The van der Waals surface area contributed by atoms with E-state index in [0.717, 1.165) is 5.69 Å². The molecule has 27 heavy (non-hydrogen) atoms. The van der Waals surface area contributed by atoms with Gasteiger partial charge in [-0.2, -0.15) is 5.10 Å². The van der Waals surface area contributed by atoms with Crippen LogP contribution in [-0.4, -0.2) is 63.7 Å². The Balaban J connectivity index is 1.68. The molecule has 1 aliphatic rings. The van der Waals surface area contributed by atoms with E-state index in [4.69, 9.17) is 9.15 Å². The molecule has 9 nitrogen and oxygen atoms in total. The van der Waals surface area contributed by atoms with Crippen molar-refractivity contribution in [2.75, 3.05) is 27.2 Å². The normalized spacial score (nSPS) is 14.6. The van der Waals surface area contributed by atoms with Gasteiger partial charge < -0.3 is 24.1 Å². The van der Waals surface area contributed by atoms with E-state index in [2.05, 4.69) is 5.10 Å². The molecule has 2 aromatic rings. The van der Waals surface area contributed by atoms with Gasteiger partial charge in [-0.05, 0) is 19.1 Å². The van der Waals surface area contributed by atoms with Gasteiger partial charge in [-0.3, -0.25) is 14.3 Å². The highest BCUT2D eigenvalue weighted by molar-refractivity contribution is 5.91. The fourth-order valence-corrected chi connectivity index (χ4v) is 2.89. The number of ether oxygens (including phenoxy) is 1. The van der Waals surface area contributed by atoms with Gasteiger partial charge in [0.1, 0.15) is 6.10 Å². The number of amides is 2. The topological polar surface area (TPSA) is 101 Å². The lowest BCUT2D eigenvalue weighted by molar-refractivity contribution is -0.130. The van der Waals surface area contributed by atoms with E-state index in [-0.39, 0.29) is 24.0 Å². The number of hydrogen-bond acceptors (Lipinski definition) is 6. The minimum Gasteiger partial charge on any atom is -0.465 e. The zero-order valence-corrected chi connectivity index (χ0v) is 15.7. The highest BCUT2D eigenvalue weighted by Crippen LogP contribution is 2.23. The molecule has 0 saturated heterocycles. The van der Waals surface area contributed by atoms with Crippen molar-refractivity contribution in [3.8, 4) is 5.95 Å². The number of aromatic nitrogens is 2. The summed E-state index contributed by atoms with van der Waals surface area (Å²) in [6.45, 7) is 3.64. The van der Waals surface area contributed by atoms with Gasteiger partial charge in [0.2, 0.25) is 5.91 Å². The second kappa shape index (κ2) is 7.83. The van der Waals surface area contributed by atoms with E-state index >= 15 is 0 Å². The summed E-state index contributed by atoms with van der Waals surface area (Å²) in [7, 11) is 3.28. The third kappa shape index (κ3) is 4.13. The standard InChI is InChI=1S/C18H24N4O5/c1-4-26-17-6-5-15(27-17)18(25)21-7-8-22-12(11-21)9-13(19-22)14(23)10-16(24)20(2)3/h5-6,9,14,23H,4,7-8,10-11H2,1-3H3/t14-/m0/s1. The molecule has 3 heterocycles. The van der Waals surface area contributed by atoms with Crippen molar-refractivity contribution in [1.29, 1.82) is 0 Å².